The molecular weight excluding hydrogens is 246 g/mol. The SMILES string of the molecule is O=C(NCC1COCCO1)c1cc(S)cs1. The fourth-order valence-electron chi connectivity index (χ4n) is 1.39. The molecule has 4 nitrogen and oxygen atoms in total. The molecule has 1 saturated heterocycles. The molecule has 1 aliphatic rings. The van der Waals surface area contributed by atoms with Crippen molar-refractivity contribution in [3.63, 3.8) is 0 Å². The van der Waals surface area contributed by atoms with Crippen LogP contribution >= 0.6 is 24.0 Å². The van der Waals surface area contributed by atoms with Crippen LogP contribution in [0.1, 0.15) is 9.67 Å². The number of thiol groups is 1. The summed E-state index contributed by atoms with van der Waals surface area (Å²) in [6.45, 7) is 2.26. The van der Waals surface area contributed by atoms with Crippen molar-refractivity contribution >= 4 is 29.9 Å². The monoisotopic (exact) mass is 259 g/mol. The molecule has 0 spiro atoms. The standard InChI is InChI=1S/C10H13NO3S2/c12-10(9-3-8(15)6-16-9)11-4-7-5-13-1-2-14-7/h3,6-7,15H,1-2,4-5H2,(H,11,12). The van der Waals surface area contributed by atoms with Gasteiger partial charge in [0.05, 0.1) is 30.8 Å². The first-order chi connectivity index (χ1) is 7.75. The van der Waals surface area contributed by atoms with Gasteiger partial charge in [-0.25, -0.2) is 0 Å². The molecule has 1 aromatic rings. The molecule has 0 bridgehead atoms. The van der Waals surface area contributed by atoms with Gasteiger partial charge in [0, 0.05) is 16.8 Å². The van der Waals surface area contributed by atoms with Crippen LogP contribution in [0.2, 0.25) is 0 Å². The molecule has 0 aromatic carbocycles. The molecule has 88 valence electrons. The molecule has 1 N–H and O–H groups in total. The molecule has 1 aliphatic heterocycles. The number of thiophene rings is 1. The minimum Gasteiger partial charge on any atom is -0.376 e. The lowest BCUT2D eigenvalue weighted by molar-refractivity contribution is -0.0855. The van der Waals surface area contributed by atoms with Crippen LogP contribution in [0.25, 0.3) is 0 Å². The highest BCUT2D eigenvalue weighted by molar-refractivity contribution is 7.80. The molecule has 2 heterocycles. The van der Waals surface area contributed by atoms with Gasteiger partial charge in [0.2, 0.25) is 0 Å². The van der Waals surface area contributed by atoms with E-state index in [2.05, 4.69) is 17.9 Å². The third kappa shape index (κ3) is 3.21. The van der Waals surface area contributed by atoms with E-state index in [1.165, 1.54) is 11.3 Å². The van der Waals surface area contributed by atoms with E-state index in [-0.39, 0.29) is 12.0 Å². The van der Waals surface area contributed by atoms with E-state index < -0.39 is 0 Å². The lowest BCUT2D eigenvalue weighted by Crippen LogP contribution is -2.39. The van der Waals surface area contributed by atoms with E-state index in [9.17, 15) is 4.79 Å². The van der Waals surface area contributed by atoms with E-state index in [0.29, 0.717) is 31.2 Å². The van der Waals surface area contributed by atoms with Crippen molar-refractivity contribution in [1.82, 2.24) is 5.32 Å². The first-order valence-electron chi connectivity index (χ1n) is 5.01. The minimum atomic E-state index is -0.0838. The Balaban J connectivity index is 1.79. The summed E-state index contributed by atoms with van der Waals surface area (Å²) in [5.74, 6) is -0.0838. The number of ether oxygens (including phenoxy) is 2. The van der Waals surface area contributed by atoms with Gasteiger partial charge in [0.15, 0.2) is 0 Å². The second kappa shape index (κ2) is 5.67. The van der Waals surface area contributed by atoms with Crippen LogP contribution in [0.3, 0.4) is 0 Å². The molecule has 0 saturated carbocycles. The highest BCUT2D eigenvalue weighted by Gasteiger charge is 2.16. The topological polar surface area (TPSA) is 47.6 Å². The van der Waals surface area contributed by atoms with E-state index in [1.54, 1.807) is 6.07 Å². The Labute approximate surface area is 103 Å². The number of carbonyl (C=O) groups is 1. The van der Waals surface area contributed by atoms with Gasteiger partial charge in [0.25, 0.3) is 5.91 Å². The van der Waals surface area contributed by atoms with Gasteiger partial charge in [-0.3, -0.25) is 4.79 Å². The Bertz CT molecular complexity index is 361. The zero-order valence-corrected chi connectivity index (χ0v) is 10.4. The minimum absolute atomic E-state index is 0.0341. The molecule has 1 fully saturated rings. The molecule has 0 aliphatic carbocycles. The number of hydrogen-bond donors (Lipinski definition) is 2. The molecular formula is C10H13NO3S2. The lowest BCUT2D eigenvalue weighted by Gasteiger charge is -2.22. The van der Waals surface area contributed by atoms with Gasteiger partial charge in [-0.1, -0.05) is 0 Å². The quantitative estimate of drug-likeness (QED) is 0.801. The van der Waals surface area contributed by atoms with Gasteiger partial charge in [-0.15, -0.1) is 24.0 Å². The maximum atomic E-state index is 11.7. The Morgan fingerprint density at radius 2 is 2.50 bits per heavy atom. The number of rotatable bonds is 3. The largest absolute Gasteiger partial charge is 0.376 e. The Hall–Kier alpha value is -0.560. The number of amides is 1. The Kier molecular flexibility index (Phi) is 4.22. The molecule has 6 heteroatoms. The van der Waals surface area contributed by atoms with Crippen LogP contribution in [0.4, 0.5) is 0 Å². The van der Waals surface area contributed by atoms with Crippen LogP contribution in [-0.2, 0) is 9.47 Å². The summed E-state index contributed by atoms with van der Waals surface area (Å²) in [5, 5.41) is 4.65. The van der Waals surface area contributed by atoms with Gasteiger partial charge in [-0.05, 0) is 6.07 Å². The zero-order valence-electron chi connectivity index (χ0n) is 8.64. The van der Waals surface area contributed by atoms with E-state index in [4.69, 9.17) is 9.47 Å². The summed E-state index contributed by atoms with van der Waals surface area (Å²) in [7, 11) is 0. The van der Waals surface area contributed by atoms with Crippen molar-refractivity contribution in [3.05, 3.63) is 16.3 Å². The van der Waals surface area contributed by atoms with Gasteiger partial charge < -0.3 is 14.8 Å². The van der Waals surface area contributed by atoms with Crippen molar-refractivity contribution in [2.24, 2.45) is 0 Å². The predicted molar refractivity (Wildman–Crippen MR) is 64.5 cm³/mol. The van der Waals surface area contributed by atoms with Crippen LogP contribution in [0, 0.1) is 0 Å². The maximum Gasteiger partial charge on any atom is 0.261 e. The summed E-state index contributed by atoms with van der Waals surface area (Å²) in [4.78, 5) is 13.2. The van der Waals surface area contributed by atoms with Crippen LogP contribution in [-0.4, -0.2) is 38.4 Å². The van der Waals surface area contributed by atoms with Crippen LogP contribution in [0.15, 0.2) is 16.3 Å². The maximum absolute atomic E-state index is 11.7. The van der Waals surface area contributed by atoms with E-state index in [0.717, 1.165) is 4.90 Å². The highest BCUT2D eigenvalue weighted by Crippen LogP contribution is 2.17. The van der Waals surface area contributed by atoms with Crippen LogP contribution < -0.4 is 5.32 Å². The summed E-state index contributed by atoms with van der Waals surface area (Å²) >= 11 is 5.54. The van der Waals surface area contributed by atoms with Crippen molar-refractivity contribution in [2.75, 3.05) is 26.4 Å². The second-order valence-corrected chi connectivity index (χ2v) is 4.87. The van der Waals surface area contributed by atoms with Crippen LogP contribution in [0.5, 0.6) is 0 Å². The smallest absolute Gasteiger partial charge is 0.261 e. The number of hydrogen-bond acceptors (Lipinski definition) is 5. The predicted octanol–water partition coefficient (Wildman–Crippen LogP) is 1.18. The fraction of sp³-hybridized carbons (Fsp3) is 0.500. The average Bonchev–Trinajstić information content (AvgIpc) is 2.74. The Morgan fingerprint density at radius 3 is 3.12 bits per heavy atom. The third-order valence-electron chi connectivity index (χ3n) is 2.18. The summed E-state index contributed by atoms with van der Waals surface area (Å²) in [6, 6.07) is 1.75. The molecule has 1 aromatic heterocycles. The number of carbonyl (C=O) groups excluding carboxylic acids is 1. The fourth-order valence-corrected chi connectivity index (χ4v) is 2.46. The lowest BCUT2D eigenvalue weighted by atomic mass is 10.3. The summed E-state index contributed by atoms with van der Waals surface area (Å²) in [6.07, 6.45) is -0.0341. The molecule has 1 unspecified atom stereocenters. The van der Waals surface area contributed by atoms with Crippen molar-refractivity contribution in [2.45, 2.75) is 11.0 Å². The van der Waals surface area contributed by atoms with E-state index in [1.807, 2.05) is 5.38 Å². The number of nitrogens with one attached hydrogen (secondary N) is 1. The first-order valence-corrected chi connectivity index (χ1v) is 6.33. The zero-order chi connectivity index (χ0) is 11.4. The summed E-state index contributed by atoms with van der Waals surface area (Å²) in [5.41, 5.74) is 0. The van der Waals surface area contributed by atoms with Crippen molar-refractivity contribution in [3.8, 4) is 0 Å². The molecule has 2 rings (SSSR count). The molecule has 1 atom stereocenters. The molecule has 16 heavy (non-hydrogen) atoms. The van der Waals surface area contributed by atoms with Gasteiger partial charge in [-0.2, -0.15) is 0 Å². The average molecular weight is 259 g/mol. The van der Waals surface area contributed by atoms with E-state index >= 15 is 0 Å². The van der Waals surface area contributed by atoms with Crippen molar-refractivity contribution in [1.29, 1.82) is 0 Å². The van der Waals surface area contributed by atoms with Gasteiger partial charge in [0.1, 0.15) is 0 Å². The summed E-state index contributed by atoms with van der Waals surface area (Å²) < 4.78 is 10.7. The Morgan fingerprint density at radius 1 is 1.62 bits per heavy atom. The second-order valence-electron chi connectivity index (χ2n) is 3.45. The normalized spacial score (nSPS) is 20.7. The van der Waals surface area contributed by atoms with Gasteiger partial charge >= 0.3 is 0 Å². The molecule has 1 amide bonds. The highest BCUT2D eigenvalue weighted by atomic mass is 32.1. The first kappa shape index (κ1) is 11.9. The van der Waals surface area contributed by atoms with Crippen molar-refractivity contribution < 1.29 is 14.3 Å². The molecule has 0 radical (unpaired) electrons. The third-order valence-corrected chi connectivity index (χ3v) is 3.55.